The fraction of sp³-hybridized carbons (Fsp3) is 0.652. The molecule has 11 heteroatoms. The van der Waals surface area contributed by atoms with Crippen LogP contribution in [0.2, 0.25) is 0 Å². The number of nitrogen functional groups attached to an aromatic ring is 1. The molecule has 0 amide bonds. The zero-order valence-corrected chi connectivity index (χ0v) is 19.1. The minimum Gasteiger partial charge on any atom is -0.431 e. The second-order valence-corrected chi connectivity index (χ2v) is 9.25. The van der Waals surface area contributed by atoms with Gasteiger partial charge in [0.25, 0.3) is 0 Å². The van der Waals surface area contributed by atoms with Crippen LogP contribution in [0.3, 0.4) is 0 Å². The van der Waals surface area contributed by atoms with E-state index in [1.54, 1.807) is 0 Å². The molecular formula is C23H31F3N6O2. The number of hydrogen-bond acceptors (Lipinski definition) is 8. The van der Waals surface area contributed by atoms with Crippen LogP contribution in [0.15, 0.2) is 29.0 Å². The summed E-state index contributed by atoms with van der Waals surface area (Å²) in [7, 11) is 0. The molecule has 4 aliphatic rings. The quantitative estimate of drug-likeness (QED) is 0.694. The molecule has 1 aromatic heterocycles. The Hall–Kier alpha value is -2.53. The Balaban J connectivity index is 1.37. The van der Waals surface area contributed by atoms with Gasteiger partial charge >= 0.3 is 6.61 Å². The zero-order valence-electron chi connectivity index (χ0n) is 19.1. The van der Waals surface area contributed by atoms with Gasteiger partial charge < -0.3 is 25.0 Å². The first-order valence-corrected chi connectivity index (χ1v) is 12.0. The van der Waals surface area contributed by atoms with Crippen molar-refractivity contribution in [3.63, 3.8) is 0 Å². The predicted molar refractivity (Wildman–Crippen MR) is 123 cm³/mol. The number of morpholine rings is 1. The van der Waals surface area contributed by atoms with Crippen molar-refractivity contribution in [1.29, 1.82) is 0 Å². The average Bonchev–Trinajstić information content (AvgIpc) is 3.50. The molecule has 3 fully saturated rings. The third-order valence-corrected chi connectivity index (χ3v) is 7.15. The molecular weight excluding hydrogens is 449 g/mol. The Labute approximate surface area is 197 Å². The van der Waals surface area contributed by atoms with Gasteiger partial charge in [0.15, 0.2) is 11.6 Å². The van der Waals surface area contributed by atoms with Gasteiger partial charge in [0.05, 0.1) is 31.6 Å². The average molecular weight is 481 g/mol. The van der Waals surface area contributed by atoms with E-state index in [0.29, 0.717) is 43.1 Å². The first kappa shape index (κ1) is 23.2. The maximum atomic E-state index is 14.1. The summed E-state index contributed by atoms with van der Waals surface area (Å²) >= 11 is 0. The molecule has 1 saturated carbocycles. The summed E-state index contributed by atoms with van der Waals surface area (Å²) in [5.41, 5.74) is 7.27. The van der Waals surface area contributed by atoms with Gasteiger partial charge in [-0.05, 0) is 31.8 Å². The second kappa shape index (κ2) is 9.99. The molecule has 1 aromatic rings. The number of ether oxygens (including phenoxy) is 2. The van der Waals surface area contributed by atoms with E-state index < -0.39 is 12.8 Å². The highest BCUT2D eigenvalue weighted by Crippen LogP contribution is 2.37. The number of hydrogen-bond donors (Lipinski definition) is 1. The Morgan fingerprint density at radius 3 is 2.71 bits per heavy atom. The summed E-state index contributed by atoms with van der Waals surface area (Å²) < 4.78 is 49.8. The summed E-state index contributed by atoms with van der Waals surface area (Å²) in [4.78, 5) is 15.3. The number of pyridine rings is 1. The normalized spacial score (nSPS) is 28.4. The topological polar surface area (TPSA) is 79.5 Å². The van der Waals surface area contributed by atoms with Crippen molar-refractivity contribution < 1.29 is 22.6 Å². The smallest absolute Gasteiger partial charge is 0.387 e. The largest absolute Gasteiger partial charge is 0.431 e. The van der Waals surface area contributed by atoms with Gasteiger partial charge in [-0.3, -0.25) is 4.90 Å². The van der Waals surface area contributed by atoms with E-state index in [0.717, 1.165) is 51.3 Å². The van der Waals surface area contributed by atoms with Gasteiger partial charge in [-0.15, -0.1) is 0 Å². The number of guanidine groups is 1. The fourth-order valence-corrected chi connectivity index (χ4v) is 5.39. The standard InChI is InChI=1S/C23H31F3N6O2/c24-16-3-5-31(14-16)23-29-19(15-1-2-17(11-15)30-7-9-33-10-8-30)4-6-32(23)18-12-20(34-22(25)26)21(27)28-13-18/h4,12-13,15-17,22H,1-3,5-11,14H2,(H2,27,28)/t15-,16+,17-/m1/s1. The number of halogens is 3. The number of likely N-dealkylation sites (tertiary alicyclic amines) is 1. The summed E-state index contributed by atoms with van der Waals surface area (Å²) in [6.07, 6.45) is 6.35. The molecule has 4 heterocycles. The van der Waals surface area contributed by atoms with E-state index in [9.17, 15) is 13.2 Å². The molecule has 1 aliphatic carbocycles. The number of anilines is 2. The van der Waals surface area contributed by atoms with Crippen molar-refractivity contribution >= 4 is 17.5 Å². The Morgan fingerprint density at radius 1 is 1.15 bits per heavy atom. The molecule has 3 atom stereocenters. The predicted octanol–water partition coefficient (Wildman–Crippen LogP) is 2.87. The minimum absolute atomic E-state index is 0.110. The van der Waals surface area contributed by atoms with Crippen molar-refractivity contribution in [2.75, 3.05) is 56.6 Å². The van der Waals surface area contributed by atoms with Crippen LogP contribution in [0.1, 0.15) is 25.7 Å². The maximum Gasteiger partial charge on any atom is 0.387 e. The van der Waals surface area contributed by atoms with Crippen LogP contribution >= 0.6 is 0 Å². The molecule has 0 unspecified atom stereocenters. The SMILES string of the molecule is Nc1ncc(N2CC=C([C@@H]3CC[C@@H](N4CCOCC4)C3)N=C2N2CC[C@H](F)C2)cc1OC(F)F. The molecule has 3 aliphatic heterocycles. The molecule has 34 heavy (non-hydrogen) atoms. The highest BCUT2D eigenvalue weighted by molar-refractivity contribution is 5.98. The molecule has 2 saturated heterocycles. The first-order chi connectivity index (χ1) is 16.5. The van der Waals surface area contributed by atoms with Gasteiger partial charge in [-0.25, -0.2) is 14.4 Å². The molecule has 5 rings (SSSR count). The van der Waals surface area contributed by atoms with Gasteiger partial charge in [0, 0.05) is 49.9 Å². The van der Waals surface area contributed by atoms with E-state index in [-0.39, 0.29) is 18.1 Å². The lowest BCUT2D eigenvalue weighted by atomic mass is 10.0. The van der Waals surface area contributed by atoms with Crippen LogP contribution in [-0.2, 0) is 4.74 Å². The van der Waals surface area contributed by atoms with E-state index in [1.807, 2.05) is 9.80 Å². The Morgan fingerprint density at radius 2 is 1.97 bits per heavy atom. The molecule has 186 valence electrons. The Bertz CT molecular complexity index is 939. The Kier molecular flexibility index (Phi) is 6.82. The van der Waals surface area contributed by atoms with E-state index in [1.165, 1.54) is 12.3 Å². The van der Waals surface area contributed by atoms with Crippen LogP contribution in [0.25, 0.3) is 0 Å². The van der Waals surface area contributed by atoms with Crippen molar-refractivity contribution in [2.45, 2.75) is 44.5 Å². The van der Waals surface area contributed by atoms with Gasteiger partial charge in [-0.2, -0.15) is 8.78 Å². The fourth-order valence-electron chi connectivity index (χ4n) is 5.39. The number of allylic oxidation sites excluding steroid dienone is 1. The summed E-state index contributed by atoms with van der Waals surface area (Å²) in [6.45, 7) is 1.80. The molecule has 0 spiro atoms. The first-order valence-electron chi connectivity index (χ1n) is 12.0. The summed E-state index contributed by atoms with van der Waals surface area (Å²) in [6, 6.07) is 1.97. The van der Waals surface area contributed by atoms with Gasteiger partial charge in [-0.1, -0.05) is 0 Å². The van der Waals surface area contributed by atoms with Crippen LogP contribution < -0.4 is 15.4 Å². The van der Waals surface area contributed by atoms with E-state index >= 15 is 0 Å². The van der Waals surface area contributed by atoms with E-state index in [2.05, 4.69) is 20.7 Å². The molecule has 8 nitrogen and oxygen atoms in total. The highest BCUT2D eigenvalue weighted by Gasteiger charge is 2.35. The molecule has 0 bridgehead atoms. The summed E-state index contributed by atoms with van der Waals surface area (Å²) in [5, 5.41) is 0. The number of nitrogens with two attached hydrogens (primary N) is 1. The van der Waals surface area contributed by atoms with Gasteiger partial charge in [0.1, 0.15) is 6.17 Å². The molecule has 0 radical (unpaired) electrons. The van der Waals surface area contributed by atoms with Crippen molar-refractivity contribution in [2.24, 2.45) is 10.9 Å². The van der Waals surface area contributed by atoms with Crippen molar-refractivity contribution in [1.82, 2.24) is 14.8 Å². The maximum absolute atomic E-state index is 14.1. The lowest BCUT2D eigenvalue weighted by Gasteiger charge is -2.35. The number of aliphatic imine (C=N–C) groups is 1. The minimum atomic E-state index is -3.01. The third kappa shape index (κ3) is 4.95. The highest BCUT2D eigenvalue weighted by atomic mass is 19.3. The third-order valence-electron chi connectivity index (χ3n) is 7.15. The van der Waals surface area contributed by atoms with Crippen molar-refractivity contribution in [3.8, 4) is 5.75 Å². The van der Waals surface area contributed by atoms with Gasteiger partial charge in [0.2, 0.25) is 5.96 Å². The zero-order chi connectivity index (χ0) is 23.7. The van der Waals surface area contributed by atoms with Crippen LogP contribution in [0.4, 0.5) is 24.7 Å². The second-order valence-electron chi connectivity index (χ2n) is 9.25. The number of alkyl halides is 3. The molecule has 2 N–H and O–H groups in total. The number of rotatable bonds is 5. The van der Waals surface area contributed by atoms with Crippen LogP contribution in [-0.4, -0.2) is 85.5 Å². The number of aromatic nitrogens is 1. The lowest BCUT2D eigenvalue weighted by Crippen LogP contribution is -2.46. The lowest BCUT2D eigenvalue weighted by molar-refractivity contribution is -0.0494. The van der Waals surface area contributed by atoms with Crippen LogP contribution in [0, 0.1) is 5.92 Å². The van der Waals surface area contributed by atoms with Crippen LogP contribution in [0.5, 0.6) is 5.75 Å². The monoisotopic (exact) mass is 480 g/mol. The number of nitrogens with zero attached hydrogens (tertiary/aromatic N) is 5. The van der Waals surface area contributed by atoms with E-state index in [4.69, 9.17) is 15.5 Å². The molecule has 0 aromatic carbocycles. The summed E-state index contributed by atoms with van der Waals surface area (Å²) in [5.74, 6) is 0.675. The van der Waals surface area contributed by atoms with Crippen molar-refractivity contribution in [3.05, 3.63) is 24.0 Å².